The molecule has 0 heterocycles. The van der Waals surface area contributed by atoms with Crippen molar-refractivity contribution in [2.45, 2.75) is 39.7 Å². The topological polar surface area (TPSA) is 55.4 Å². The number of carbonyl (C=O) groups excluding carboxylic acids is 2. The first kappa shape index (κ1) is 17.0. The second kappa shape index (κ2) is 7.77. The van der Waals surface area contributed by atoms with Crippen LogP contribution in [0, 0.1) is 5.92 Å². The van der Waals surface area contributed by atoms with Gasteiger partial charge in [0.1, 0.15) is 0 Å². The lowest BCUT2D eigenvalue weighted by molar-refractivity contribution is -0.153. The number of amides is 1. The van der Waals surface area contributed by atoms with Gasteiger partial charge in [0.15, 0.2) is 6.10 Å². The minimum Gasteiger partial charge on any atom is -0.453 e. The summed E-state index contributed by atoms with van der Waals surface area (Å²) in [5, 5.41) is 4.95. The Morgan fingerprint density at radius 3 is 2.43 bits per heavy atom. The van der Waals surface area contributed by atoms with Crippen molar-refractivity contribution in [1.29, 1.82) is 0 Å². The lowest BCUT2D eigenvalue weighted by atomic mass is 10.1. The molecule has 0 aliphatic rings. The van der Waals surface area contributed by atoms with Gasteiger partial charge in [-0.25, -0.2) is 0 Å². The molecular formula is C19H23NO3. The number of nitrogens with one attached hydrogen (secondary N) is 1. The van der Waals surface area contributed by atoms with E-state index in [-0.39, 0.29) is 11.9 Å². The molecule has 0 aromatic heterocycles. The van der Waals surface area contributed by atoms with Gasteiger partial charge in [0.2, 0.25) is 0 Å². The van der Waals surface area contributed by atoms with E-state index in [2.05, 4.69) is 5.32 Å². The van der Waals surface area contributed by atoms with E-state index in [0.717, 1.165) is 17.2 Å². The molecule has 0 fully saturated rings. The largest absolute Gasteiger partial charge is 0.453 e. The summed E-state index contributed by atoms with van der Waals surface area (Å²) in [5.41, 5.74) is 0.693. The van der Waals surface area contributed by atoms with Crippen molar-refractivity contribution in [2.24, 2.45) is 5.92 Å². The Hall–Kier alpha value is -2.36. The van der Waals surface area contributed by atoms with Crippen molar-refractivity contribution in [2.75, 3.05) is 5.32 Å². The van der Waals surface area contributed by atoms with E-state index in [1.54, 1.807) is 6.92 Å². The summed E-state index contributed by atoms with van der Waals surface area (Å²) in [5.74, 6) is -0.220. The summed E-state index contributed by atoms with van der Waals surface area (Å²) in [4.78, 5) is 23.8. The first-order chi connectivity index (χ1) is 11.0. The Bertz CT molecular complexity index is 694. The molecule has 2 aromatic rings. The van der Waals surface area contributed by atoms with Gasteiger partial charge in [-0.2, -0.15) is 0 Å². The average molecular weight is 313 g/mol. The van der Waals surface area contributed by atoms with Crippen LogP contribution in [0.5, 0.6) is 0 Å². The Labute approximate surface area is 136 Å². The van der Waals surface area contributed by atoms with Crippen molar-refractivity contribution in [1.82, 2.24) is 0 Å². The van der Waals surface area contributed by atoms with Crippen LogP contribution in [-0.4, -0.2) is 18.0 Å². The zero-order valence-corrected chi connectivity index (χ0v) is 13.8. The number of carbonyl (C=O) groups is 2. The van der Waals surface area contributed by atoms with Gasteiger partial charge in [-0.05, 0) is 42.2 Å². The van der Waals surface area contributed by atoms with Crippen molar-refractivity contribution < 1.29 is 14.3 Å². The summed E-state index contributed by atoms with van der Waals surface area (Å²) >= 11 is 0. The van der Waals surface area contributed by atoms with Crippen LogP contribution < -0.4 is 5.32 Å². The molecule has 0 aliphatic carbocycles. The number of rotatable bonds is 6. The van der Waals surface area contributed by atoms with E-state index in [0.29, 0.717) is 18.0 Å². The third kappa shape index (κ3) is 5.09. The van der Waals surface area contributed by atoms with Crippen LogP contribution >= 0.6 is 0 Å². The number of esters is 1. The maximum absolute atomic E-state index is 12.1. The fourth-order valence-corrected chi connectivity index (χ4v) is 2.23. The molecule has 2 aromatic carbocycles. The molecule has 23 heavy (non-hydrogen) atoms. The molecule has 0 bridgehead atoms. The second-order valence-corrected chi connectivity index (χ2v) is 6.12. The highest BCUT2D eigenvalue weighted by atomic mass is 16.5. The molecule has 122 valence electrons. The fraction of sp³-hybridized carbons (Fsp3) is 0.368. The van der Waals surface area contributed by atoms with E-state index in [4.69, 9.17) is 4.74 Å². The zero-order chi connectivity index (χ0) is 16.8. The van der Waals surface area contributed by atoms with Crippen LogP contribution in [0.25, 0.3) is 10.8 Å². The van der Waals surface area contributed by atoms with Crippen LogP contribution in [0.15, 0.2) is 42.5 Å². The lowest BCUT2D eigenvalue weighted by Gasteiger charge is -2.14. The number of benzene rings is 2. The summed E-state index contributed by atoms with van der Waals surface area (Å²) in [6, 6.07) is 13.6. The van der Waals surface area contributed by atoms with Gasteiger partial charge < -0.3 is 10.1 Å². The zero-order valence-electron chi connectivity index (χ0n) is 13.8. The smallest absolute Gasteiger partial charge is 0.306 e. The van der Waals surface area contributed by atoms with Crippen molar-refractivity contribution in [3.8, 4) is 0 Å². The maximum atomic E-state index is 12.1. The minimum absolute atomic E-state index is 0.321. The molecule has 4 nitrogen and oxygen atoms in total. The molecule has 0 saturated carbocycles. The van der Waals surface area contributed by atoms with E-state index in [1.807, 2.05) is 56.3 Å². The number of ether oxygens (including phenoxy) is 1. The number of fused-ring (bicyclic) bond motifs is 1. The van der Waals surface area contributed by atoms with E-state index in [9.17, 15) is 9.59 Å². The number of hydrogen-bond donors (Lipinski definition) is 1. The van der Waals surface area contributed by atoms with E-state index >= 15 is 0 Å². The van der Waals surface area contributed by atoms with Gasteiger partial charge >= 0.3 is 5.97 Å². The first-order valence-corrected chi connectivity index (χ1v) is 7.95. The Kier molecular flexibility index (Phi) is 5.74. The summed E-state index contributed by atoms with van der Waals surface area (Å²) in [6.07, 6.45) is 0.296. The lowest BCUT2D eigenvalue weighted by Crippen LogP contribution is -2.30. The highest BCUT2D eigenvalue weighted by molar-refractivity contribution is 5.97. The number of anilines is 1. The molecular weight excluding hydrogens is 290 g/mol. The molecule has 0 aliphatic heterocycles. The van der Waals surface area contributed by atoms with Crippen LogP contribution in [0.2, 0.25) is 0 Å². The maximum Gasteiger partial charge on any atom is 0.306 e. The van der Waals surface area contributed by atoms with Gasteiger partial charge in [-0.1, -0.05) is 44.2 Å². The minimum atomic E-state index is -0.805. The predicted molar refractivity (Wildman–Crippen MR) is 92.2 cm³/mol. The quantitative estimate of drug-likeness (QED) is 0.815. The second-order valence-electron chi connectivity index (χ2n) is 6.12. The molecule has 2 rings (SSSR count). The highest BCUT2D eigenvalue weighted by Gasteiger charge is 2.18. The van der Waals surface area contributed by atoms with Gasteiger partial charge in [-0.3, -0.25) is 9.59 Å². The molecule has 0 saturated heterocycles. The average Bonchev–Trinajstić information content (AvgIpc) is 2.52. The Morgan fingerprint density at radius 2 is 1.74 bits per heavy atom. The molecule has 0 unspecified atom stereocenters. The van der Waals surface area contributed by atoms with Crippen LogP contribution in [0.4, 0.5) is 5.69 Å². The third-order valence-corrected chi connectivity index (χ3v) is 3.62. The van der Waals surface area contributed by atoms with Crippen LogP contribution in [-0.2, 0) is 14.3 Å². The molecule has 1 atom stereocenters. The van der Waals surface area contributed by atoms with Crippen molar-refractivity contribution >= 4 is 28.3 Å². The van der Waals surface area contributed by atoms with Gasteiger partial charge in [0.25, 0.3) is 5.91 Å². The number of hydrogen-bond acceptors (Lipinski definition) is 3. The fourth-order valence-electron chi connectivity index (χ4n) is 2.23. The Balaban J connectivity index is 1.93. The van der Waals surface area contributed by atoms with Gasteiger partial charge in [0, 0.05) is 12.1 Å². The first-order valence-electron chi connectivity index (χ1n) is 7.95. The summed E-state index contributed by atoms with van der Waals surface area (Å²) in [7, 11) is 0. The van der Waals surface area contributed by atoms with E-state index in [1.165, 1.54) is 0 Å². The van der Waals surface area contributed by atoms with Crippen molar-refractivity contribution in [3.63, 3.8) is 0 Å². The molecule has 4 heteroatoms. The summed E-state index contributed by atoms with van der Waals surface area (Å²) < 4.78 is 5.17. The standard InChI is InChI=1S/C19H23NO3/c1-13(2)8-11-18(21)23-14(3)19(22)20-17-10-9-15-6-4-5-7-16(15)12-17/h4-7,9-10,12-14H,8,11H2,1-3H3,(H,20,22)/t14-/m0/s1. The SMILES string of the molecule is CC(C)CCC(=O)O[C@@H](C)C(=O)Nc1ccc2ccccc2c1. The molecule has 1 N–H and O–H groups in total. The van der Waals surface area contributed by atoms with Gasteiger partial charge in [0.05, 0.1) is 0 Å². The van der Waals surface area contributed by atoms with Crippen LogP contribution in [0.3, 0.4) is 0 Å². The molecule has 0 spiro atoms. The molecule has 0 radical (unpaired) electrons. The van der Waals surface area contributed by atoms with Crippen LogP contribution in [0.1, 0.15) is 33.6 Å². The predicted octanol–water partition coefficient (Wildman–Crippen LogP) is 4.15. The van der Waals surface area contributed by atoms with Gasteiger partial charge in [-0.15, -0.1) is 0 Å². The third-order valence-electron chi connectivity index (χ3n) is 3.62. The van der Waals surface area contributed by atoms with Crippen molar-refractivity contribution in [3.05, 3.63) is 42.5 Å². The normalized spacial score (nSPS) is 12.2. The highest BCUT2D eigenvalue weighted by Crippen LogP contribution is 2.19. The summed E-state index contributed by atoms with van der Waals surface area (Å²) in [6.45, 7) is 5.68. The van der Waals surface area contributed by atoms with E-state index < -0.39 is 6.10 Å². The Morgan fingerprint density at radius 1 is 1.04 bits per heavy atom. The molecule has 1 amide bonds. The monoisotopic (exact) mass is 313 g/mol.